The number of benzene rings is 2. The lowest BCUT2D eigenvalue weighted by atomic mass is 9.98. The van der Waals surface area contributed by atoms with E-state index in [9.17, 15) is 9.59 Å². The zero-order valence-corrected chi connectivity index (χ0v) is 23.1. The number of nitrogens with zero attached hydrogens (tertiary/aromatic N) is 2. The Hall–Kier alpha value is -2.50. The molecule has 2 aliphatic rings. The summed E-state index contributed by atoms with van der Waals surface area (Å²) >= 11 is 0. The molecule has 5 heteroatoms. The predicted molar refractivity (Wildman–Crippen MR) is 154 cm³/mol. The van der Waals surface area contributed by atoms with E-state index in [4.69, 9.17) is 4.74 Å². The molecule has 0 N–H and O–H groups in total. The predicted octanol–water partition coefficient (Wildman–Crippen LogP) is 6.30. The molecule has 4 rings (SSSR count). The van der Waals surface area contributed by atoms with Crippen molar-refractivity contribution in [3.05, 3.63) is 60.2 Å². The topological polar surface area (TPSA) is 49.9 Å². The molecule has 5 nitrogen and oxygen atoms in total. The van der Waals surface area contributed by atoms with Gasteiger partial charge in [-0.3, -0.25) is 9.59 Å². The van der Waals surface area contributed by atoms with Gasteiger partial charge in [0.2, 0.25) is 0 Å². The number of rotatable bonds is 14. The lowest BCUT2D eigenvalue weighted by Crippen LogP contribution is -2.39. The Labute approximate surface area is 229 Å². The molecule has 2 aliphatic heterocycles. The number of hydrogen-bond acceptors (Lipinski definition) is 5. The van der Waals surface area contributed by atoms with Gasteiger partial charge in [-0.05, 0) is 74.8 Å². The summed E-state index contributed by atoms with van der Waals surface area (Å²) in [6.45, 7) is 6.41. The van der Waals surface area contributed by atoms with Crippen LogP contribution in [0.25, 0.3) is 11.1 Å². The van der Waals surface area contributed by atoms with Crippen molar-refractivity contribution in [3.63, 3.8) is 0 Å². The number of ketones is 1. The third-order valence-electron chi connectivity index (χ3n) is 8.11. The summed E-state index contributed by atoms with van der Waals surface area (Å²) < 4.78 is 5.85. The van der Waals surface area contributed by atoms with Crippen LogP contribution in [0.15, 0.2) is 54.6 Å². The van der Waals surface area contributed by atoms with Crippen molar-refractivity contribution in [2.24, 2.45) is 0 Å². The molecule has 2 aromatic carbocycles. The minimum Gasteiger partial charge on any atom is -0.462 e. The van der Waals surface area contributed by atoms with Gasteiger partial charge in [-0.15, -0.1) is 0 Å². The van der Waals surface area contributed by atoms with Crippen LogP contribution in [0.1, 0.15) is 76.2 Å². The van der Waals surface area contributed by atoms with Crippen LogP contribution in [0, 0.1) is 0 Å². The van der Waals surface area contributed by atoms with Gasteiger partial charge in [-0.2, -0.15) is 0 Å². The number of esters is 1. The first-order chi connectivity index (χ1) is 18.7. The third kappa shape index (κ3) is 9.67. The molecule has 0 saturated carbocycles. The van der Waals surface area contributed by atoms with Crippen LogP contribution in [0.4, 0.5) is 0 Å². The van der Waals surface area contributed by atoms with Gasteiger partial charge in [-0.25, -0.2) is 0 Å². The highest BCUT2D eigenvalue weighted by Crippen LogP contribution is 2.24. The average molecular weight is 519 g/mol. The van der Waals surface area contributed by atoms with E-state index in [-0.39, 0.29) is 18.5 Å². The Kier molecular flexibility index (Phi) is 11.9. The smallest absolute Gasteiger partial charge is 0.310 e. The molecular formula is C33H46N2O3. The van der Waals surface area contributed by atoms with Crippen molar-refractivity contribution in [2.45, 2.75) is 83.2 Å². The first-order valence-electron chi connectivity index (χ1n) is 15.0. The Balaban J connectivity index is 1.06. The number of unbranched alkanes of at least 4 members (excludes halogenated alkanes) is 3. The zero-order valence-electron chi connectivity index (χ0n) is 23.1. The molecule has 38 heavy (non-hydrogen) atoms. The van der Waals surface area contributed by atoms with E-state index >= 15 is 0 Å². The summed E-state index contributed by atoms with van der Waals surface area (Å²) in [5.74, 6) is 0.240. The third-order valence-corrected chi connectivity index (χ3v) is 8.11. The summed E-state index contributed by atoms with van der Waals surface area (Å²) in [5, 5.41) is 0. The molecular weight excluding hydrogens is 472 g/mol. The Bertz CT molecular complexity index is 979. The Morgan fingerprint density at radius 2 is 1.39 bits per heavy atom. The summed E-state index contributed by atoms with van der Waals surface area (Å²) in [7, 11) is 0. The fourth-order valence-electron chi connectivity index (χ4n) is 5.81. The molecule has 0 spiro atoms. The highest BCUT2D eigenvalue weighted by Gasteiger charge is 2.23. The molecule has 206 valence electrons. The van der Waals surface area contributed by atoms with Crippen LogP contribution in [-0.2, 0) is 20.7 Å². The molecule has 0 unspecified atom stereocenters. The molecule has 2 fully saturated rings. The molecule has 0 aliphatic carbocycles. The van der Waals surface area contributed by atoms with Crippen molar-refractivity contribution < 1.29 is 14.3 Å². The second kappa shape index (κ2) is 15.8. The van der Waals surface area contributed by atoms with E-state index in [2.05, 4.69) is 28.0 Å². The molecule has 2 heterocycles. The Morgan fingerprint density at radius 1 is 0.711 bits per heavy atom. The molecule has 0 radical (unpaired) electrons. The molecule has 2 saturated heterocycles. The Morgan fingerprint density at radius 3 is 2.18 bits per heavy atom. The van der Waals surface area contributed by atoms with Gasteiger partial charge >= 0.3 is 5.97 Å². The van der Waals surface area contributed by atoms with Crippen LogP contribution in [-0.4, -0.2) is 66.9 Å². The molecule has 0 amide bonds. The average Bonchev–Trinajstić information content (AvgIpc) is 2.96. The van der Waals surface area contributed by atoms with E-state index in [1.807, 2.05) is 36.4 Å². The first kappa shape index (κ1) is 28.5. The molecule has 2 aromatic rings. The monoisotopic (exact) mass is 518 g/mol. The van der Waals surface area contributed by atoms with Crippen LogP contribution in [0.2, 0.25) is 0 Å². The summed E-state index contributed by atoms with van der Waals surface area (Å²) in [6.07, 6.45) is 12.2. The number of piperidine rings is 2. The summed E-state index contributed by atoms with van der Waals surface area (Å²) in [4.78, 5) is 30.1. The van der Waals surface area contributed by atoms with Crippen molar-refractivity contribution in [1.82, 2.24) is 9.80 Å². The summed E-state index contributed by atoms with van der Waals surface area (Å²) in [5.41, 5.74) is 3.20. The maximum atomic E-state index is 12.7. The number of likely N-dealkylation sites (tertiary alicyclic amines) is 2. The number of hydrogen-bond donors (Lipinski definition) is 0. The van der Waals surface area contributed by atoms with E-state index in [0.717, 1.165) is 62.0 Å². The van der Waals surface area contributed by atoms with Crippen molar-refractivity contribution >= 4 is 11.8 Å². The van der Waals surface area contributed by atoms with Gasteiger partial charge in [0.15, 0.2) is 0 Å². The number of carbonyl (C=O) groups excluding carboxylic acids is 2. The minimum atomic E-state index is -0.155. The number of ether oxygens (including phenoxy) is 1. The highest BCUT2D eigenvalue weighted by atomic mass is 16.5. The maximum absolute atomic E-state index is 12.7. The minimum absolute atomic E-state index is 0.0247. The second-order valence-electron chi connectivity index (χ2n) is 11.1. The first-order valence-corrected chi connectivity index (χ1v) is 15.0. The van der Waals surface area contributed by atoms with E-state index in [1.54, 1.807) is 0 Å². The molecule has 0 bridgehead atoms. The van der Waals surface area contributed by atoms with Gasteiger partial charge in [-0.1, -0.05) is 73.9 Å². The van der Waals surface area contributed by atoms with Crippen molar-refractivity contribution in [3.8, 4) is 11.1 Å². The lowest BCUT2D eigenvalue weighted by molar-refractivity contribution is -0.150. The van der Waals surface area contributed by atoms with Gasteiger partial charge in [0.05, 0.1) is 6.42 Å². The maximum Gasteiger partial charge on any atom is 0.310 e. The van der Waals surface area contributed by atoms with Crippen LogP contribution < -0.4 is 0 Å². The fraction of sp³-hybridized carbons (Fsp3) is 0.576. The zero-order chi connectivity index (χ0) is 26.4. The van der Waals surface area contributed by atoms with Crippen LogP contribution in [0.5, 0.6) is 0 Å². The van der Waals surface area contributed by atoms with Gasteiger partial charge < -0.3 is 14.5 Å². The largest absolute Gasteiger partial charge is 0.462 e. The number of Topliss-reactive ketones (excluding diaryl/α,β-unsaturated/α-hetero) is 1. The van der Waals surface area contributed by atoms with Gasteiger partial charge in [0.25, 0.3) is 0 Å². The van der Waals surface area contributed by atoms with E-state index in [0.29, 0.717) is 12.2 Å². The van der Waals surface area contributed by atoms with Gasteiger partial charge in [0.1, 0.15) is 11.9 Å². The normalized spacial score (nSPS) is 17.4. The standard InChI is InChI=1S/C33H46N2O3/c36-30(16-7-1-2-10-21-34-22-11-4-12-23-34)18-24-35-25-19-31(20-26-35)38-33(37)27-29-15-8-9-17-32(29)28-13-5-3-6-14-28/h3,5-6,8-9,13-15,17,31H,1-2,4,7,10-12,16,18-27H2. The van der Waals surface area contributed by atoms with Crippen LogP contribution in [0.3, 0.4) is 0 Å². The SMILES string of the molecule is O=C(CCCCCCN1CCCCC1)CCN1CCC(OC(=O)Cc2ccccc2-c2ccccc2)CC1. The lowest BCUT2D eigenvalue weighted by Gasteiger charge is -2.31. The number of carbonyl (C=O) groups is 2. The fourth-order valence-corrected chi connectivity index (χ4v) is 5.81. The van der Waals surface area contributed by atoms with Crippen LogP contribution >= 0.6 is 0 Å². The van der Waals surface area contributed by atoms with E-state index in [1.165, 1.54) is 58.2 Å². The second-order valence-corrected chi connectivity index (χ2v) is 11.1. The van der Waals surface area contributed by atoms with Gasteiger partial charge in [0, 0.05) is 32.5 Å². The molecule has 0 atom stereocenters. The van der Waals surface area contributed by atoms with Crippen molar-refractivity contribution in [1.29, 1.82) is 0 Å². The van der Waals surface area contributed by atoms with Crippen molar-refractivity contribution in [2.75, 3.05) is 39.3 Å². The van der Waals surface area contributed by atoms with E-state index < -0.39 is 0 Å². The highest BCUT2D eigenvalue weighted by molar-refractivity contribution is 5.78. The molecule has 0 aromatic heterocycles. The quantitative estimate of drug-likeness (QED) is 0.217. The summed E-state index contributed by atoms with van der Waals surface area (Å²) in [6, 6.07) is 18.2.